The van der Waals surface area contributed by atoms with Crippen molar-refractivity contribution in [1.29, 1.82) is 0 Å². The lowest BCUT2D eigenvalue weighted by molar-refractivity contribution is 0.0239. The average Bonchev–Trinajstić information content (AvgIpc) is 3.15. The Balaban J connectivity index is 1.63. The molecule has 1 saturated carbocycles. The number of piperazine rings is 1. The molecule has 2 N–H and O–H groups in total. The molecule has 100 valence electrons. The summed E-state index contributed by atoms with van der Waals surface area (Å²) in [5.74, 6) is 1.02. The third-order valence-electron chi connectivity index (χ3n) is 3.81. The molecular formula is C13H27N3O. The molecule has 1 heterocycles. The molecule has 0 aromatic rings. The van der Waals surface area contributed by atoms with Crippen LogP contribution in [0.5, 0.6) is 0 Å². The lowest BCUT2D eigenvalue weighted by Crippen LogP contribution is -2.50. The fraction of sp³-hybridized carbons (Fsp3) is 1.00. The van der Waals surface area contributed by atoms with Crippen LogP contribution in [0.3, 0.4) is 0 Å². The number of hydrogen-bond acceptors (Lipinski definition) is 4. The maximum atomic E-state index is 5.72. The van der Waals surface area contributed by atoms with Gasteiger partial charge in [-0.2, -0.15) is 0 Å². The number of rotatable bonds is 7. The van der Waals surface area contributed by atoms with Crippen LogP contribution in [-0.4, -0.2) is 68.3 Å². The van der Waals surface area contributed by atoms with Crippen LogP contribution in [0.15, 0.2) is 0 Å². The van der Waals surface area contributed by atoms with Crippen LogP contribution < -0.4 is 5.73 Å². The first-order chi connectivity index (χ1) is 8.31. The van der Waals surface area contributed by atoms with E-state index in [4.69, 9.17) is 10.5 Å². The van der Waals surface area contributed by atoms with Gasteiger partial charge >= 0.3 is 0 Å². The van der Waals surface area contributed by atoms with Crippen LogP contribution in [0.4, 0.5) is 0 Å². The van der Waals surface area contributed by atoms with Gasteiger partial charge in [0.1, 0.15) is 0 Å². The average molecular weight is 241 g/mol. The summed E-state index contributed by atoms with van der Waals surface area (Å²) < 4.78 is 5.62. The van der Waals surface area contributed by atoms with Crippen LogP contribution in [0.25, 0.3) is 0 Å². The summed E-state index contributed by atoms with van der Waals surface area (Å²) in [7, 11) is 0. The van der Waals surface area contributed by atoms with Crippen LogP contribution in [0, 0.1) is 5.92 Å². The summed E-state index contributed by atoms with van der Waals surface area (Å²) >= 11 is 0. The van der Waals surface area contributed by atoms with E-state index < -0.39 is 0 Å². The van der Waals surface area contributed by atoms with Gasteiger partial charge in [0.25, 0.3) is 0 Å². The standard InChI is InChI=1S/C13H27N3O/c1-2-17-13(9-14)11-16-7-5-15(6-8-16)10-12-3-4-12/h12-13H,2-11,14H2,1H3. The third-order valence-corrected chi connectivity index (χ3v) is 3.81. The number of nitrogens with two attached hydrogens (primary N) is 1. The molecule has 0 aromatic carbocycles. The molecule has 0 radical (unpaired) electrons. The van der Waals surface area contributed by atoms with Gasteiger partial charge < -0.3 is 15.4 Å². The lowest BCUT2D eigenvalue weighted by atomic mass is 10.2. The Morgan fingerprint density at radius 3 is 2.35 bits per heavy atom. The summed E-state index contributed by atoms with van der Waals surface area (Å²) in [6.45, 7) is 10.6. The Bertz CT molecular complexity index is 213. The number of hydrogen-bond donors (Lipinski definition) is 1. The van der Waals surface area contributed by atoms with Gasteiger partial charge in [-0.05, 0) is 25.7 Å². The molecule has 0 amide bonds. The summed E-state index contributed by atoms with van der Waals surface area (Å²) in [4.78, 5) is 5.11. The quantitative estimate of drug-likeness (QED) is 0.699. The highest BCUT2D eigenvalue weighted by molar-refractivity contribution is 4.81. The molecule has 0 bridgehead atoms. The van der Waals surface area contributed by atoms with Crippen molar-refractivity contribution in [2.24, 2.45) is 11.7 Å². The maximum absolute atomic E-state index is 5.72. The molecule has 1 saturated heterocycles. The van der Waals surface area contributed by atoms with E-state index in [1.54, 1.807) is 0 Å². The van der Waals surface area contributed by atoms with E-state index in [2.05, 4.69) is 9.80 Å². The normalized spacial score (nSPS) is 25.1. The predicted octanol–water partition coefficient (Wildman–Crippen LogP) is 0.378. The SMILES string of the molecule is CCOC(CN)CN1CCN(CC2CC2)CC1. The number of ether oxygens (including phenoxy) is 1. The van der Waals surface area contributed by atoms with Crippen molar-refractivity contribution in [3.05, 3.63) is 0 Å². The van der Waals surface area contributed by atoms with Gasteiger partial charge in [0.15, 0.2) is 0 Å². The van der Waals surface area contributed by atoms with Crippen LogP contribution >= 0.6 is 0 Å². The minimum Gasteiger partial charge on any atom is -0.376 e. The fourth-order valence-corrected chi connectivity index (χ4v) is 2.54. The second-order valence-corrected chi connectivity index (χ2v) is 5.36. The zero-order valence-electron chi connectivity index (χ0n) is 11.1. The molecule has 4 heteroatoms. The van der Waals surface area contributed by atoms with Crippen LogP contribution in [0.2, 0.25) is 0 Å². The monoisotopic (exact) mass is 241 g/mol. The molecule has 17 heavy (non-hydrogen) atoms. The van der Waals surface area contributed by atoms with Gasteiger partial charge in [-0.3, -0.25) is 4.90 Å². The van der Waals surface area contributed by atoms with Gasteiger partial charge in [0.05, 0.1) is 6.10 Å². The molecule has 1 unspecified atom stereocenters. The zero-order valence-corrected chi connectivity index (χ0v) is 11.1. The zero-order chi connectivity index (χ0) is 12.1. The van der Waals surface area contributed by atoms with Gasteiger partial charge in [-0.1, -0.05) is 0 Å². The van der Waals surface area contributed by atoms with Crippen molar-refractivity contribution in [2.45, 2.75) is 25.9 Å². The summed E-state index contributed by atoms with van der Waals surface area (Å²) in [6, 6.07) is 0. The van der Waals surface area contributed by atoms with Crippen LogP contribution in [-0.2, 0) is 4.74 Å². The largest absolute Gasteiger partial charge is 0.376 e. The Hall–Kier alpha value is -0.160. The van der Waals surface area contributed by atoms with Crippen molar-refractivity contribution in [1.82, 2.24) is 9.80 Å². The van der Waals surface area contributed by atoms with Crippen molar-refractivity contribution < 1.29 is 4.74 Å². The minimum absolute atomic E-state index is 0.218. The third kappa shape index (κ3) is 4.54. The Morgan fingerprint density at radius 1 is 1.18 bits per heavy atom. The number of nitrogens with zero attached hydrogens (tertiary/aromatic N) is 2. The first-order valence-corrected chi connectivity index (χ1v) is 7.08. The molecular weight excluding hydrogens is 214 g/mol. The van der Waals surface area contributed by atoms with E-state index in [9.17, 15) is 0 Å². The molecule has 0 aromatic heterocycles. The minimum atomic E-state index is 0.218. The van der Waals surface area contributed by atoms with E-state index in [-0.39, 0.29) is 6.10 Å². The van der Waals surface area contributed by atoms with E-state index in [0.29, 0.717) is 6.54 Å². The molecule has 1 aliphatic carbocycles. The fourth-order valence-electron chi connectivity index (χ4n) is 2.54. The molecule has 1 aliphatic heterocycles. The van der Waals surface area contributed by atoms with Gasteiger partial charge in [-0.25, -0.2) is 0 Å². The second kappa shape index (κ2) is 6.69. The van der Waals surface area contributed by atoms with E-state index >= 15 is 0 Å². The predicted molar refractivity (Wildman–Crippen MR) is 70.1 cm³/mol. The Morgan fingerprint density at radius 2 is 1.82 bits per heavy atom. The molecule has 2 aliphatic rings. The van der Waals surface area contributed by atoms with E-state index in [1.165, 1.54) is 45.6 Å². The highest BCUT2D eigenvalue weighted by Gasteiger charge is 2.26. The van der Waals surface area contributed by atoms with Gasteiger partial charge in [0.2, 0.25) is 0 Å². The van der Waals surface area contributed by atoms with Crippen molar-refractivity contribution in [3.63, 3.8) is 0 Å². The van der Waals surface area contributed by atoms with E-state index in [1.807, 2.05) is 6.92 Å². The summed E-state index contributed by atoms with van der Waals surface area (Å²) in [5, 5.41) is 0. The highest BCUT2D eigenvalue weighted by atomic mass is 16.5. The van der Waals surface area contributed by atoms with Crippen molar-refractivity contribution >= 4 is 0 Å². The Labute approximate surface area is 105 Å². The van der Waals surface area contributed by atoms with Gasteiger partial charge in [0, 0.05) is 52.4 Å². The molecule has 2 rings (SSSR count). The van der Waals surface area contributed by atoms with E-state index in [0.717, 1.165) is 19.1 Å². The maximum Gasteiger partial charge on any atom is 0.0823 e. The smallest absolute Gasteiger partial charge is 0.0823 e. The molecule has 0 spiro atoms. The highest BCUT2D eigenvalue weighted by Crippen LogP contribution is 2.29. The van der Waals surface area contributed by atoms with Gasteiger partial charge in [-0.15, -0.1) is 0 Å². The van der Waals surface area contributed by atoms with Crippen LogP contribution in [0.1, 0.15) is 19.8 Å². The molecule has 1 atom stereocenters. The summed E-state index contributed by atoms with van der Waals surface area (Å²) in [6.07, 6.45) is 3.13. The Kier molecular flexibility index (Phi) is 5.22. The van der Waals surface area contributed by atoms with Crippen molar-refractivity contribution in [3.8, 4) is 0 Å². The molecule has 2 fully saturated rings. The first kappa shape index (κ1) is 13.3. The summed E-state index contributed by atoms with van der Waals surface area (Å²) in [5.41, 5.74) is 5.72. The lowest BCUT2D eigenvalue weighted by Gasteiger charge is -2.36. The van der Waals surface area contributed by atoms with Crippen molar-refractivity contribution in [2.75, 3.05) is 52.4 Å². The first-order valence-electron chi connectivity index (χ1n) is 7.08. The second-order valence-electron chi connectivity index (χ2n) is 5.36. The molecule has 4 nitrogen and oxygen atoms in total. The topological polar surface area (TPSA) is 41.7 Å².